The van der Waals surface area contributed by atoms with Gasteiger partial charge in [-0.3, -0.25) is 4.79 Å². The van der Waals surface area contributed by atoms with E-state index in [0.29, 0.717) is 11.6 Å². The van der Waals surface area contributed by atoms with Crippen LogP contribution in [0.25, 0.3) is 16.5 Å². The van der Waals surface area contributed by atoms with Crippen molar-refractivity contribution in [2.75, 3.05) is 0 Å². The predicted octanol–water partition coefficient (Wildman–Crippen LogP) is 6.10. The monoisotopic (exact) mass is 461 g/mol. The van der Waals surface area contributed by atoms with Crippen LogP contribution < -0.4 is 5.32 Å². The topological polar surface area (TPSA) is 67.2 Å². The molecule has 0 radical (unpaired) electrons. The molecular formula is C27H28ClN3O2. The van der Waals surface area contributed by atoms with Gasteiger partial charge in [-0.25, -0.2) is 4.68 Å². The van der Waals surface area contributed by atoms with Crippen molar-refractivity contribution in [1.82, 2.24) is 15.1 Å². The lowest BCUT2D eigenvalue weighted by molar-refractivity contribution is -0.122. The number of amides is 1. The molecule has 0 aliphatic heterocycles. The van der Waals surface area contributed by atoms with Crippen molar-refractivity contribution in [3.05, 3.63) is 88.7 Å². The first kappa shape index (κ1) is 22.9. The number of hydrogen-bond acceptors (Lipinski definition) is 3. The number of aromatic nitrogens is 2. The Hall–Kier alpha value is -3.31. The van der Waals surface area contributed by atoms with Gasteiger partial charge in [0.1, 0.15) is 5.75 Å². The summed E-state index contributed by atoms with van der Waals surface area (Å²) >= 11 is 6.06. The third-order valence-corrected chi connectivity index (χ3v) is 6.08. The minimum Gasteiger partial charge on any atom is -0.508 e. The third kappa shape index (κ3) is 4.88. The van der Waals surface area contributed by atoms with Crippen molar-refractivity contribution < 1.29 is 9.90 Å². The summed E-state index contributed by atoms with van der Waals surface area (Å²) in [6.45, 7) is 8.56. The average molecular weight is 462 g/mol. The Morgan fingerprint density at radius 1 is 1.09 bits per heavy atom. The van der Waals surface area contributed by atoms with Crippen molar-refractivity contribution in [3.63, 3.8) is 0 Å². The van der Waals surface area contributed by atoms with E-state index in [-0.39, 0.29) is 23.0 Å². The molecule has 0 fully saturated rings. The van der Waals surface area contributed by atoms with E-state index in [0.717, 1.165) is 33.4 Å². The zero-order valence-electron chi connectivity index (χ0n) is 19.3. The van der Waals surface area contributed by atoms with Crippen LogP contribution in [0.5, 0.6) is 5.75 Å². The fourth-order valence-corrected chi connectivity index (χ4v) is 3.98. The Labute approximate surface area is 199 Å². The van der Waals surface area contributed by atoms with Gasteiger partial charge in [-0.1, -0.05) is 56.6 Å². The van der Waals surface area contributed by atoms with Gasteiger partial charge < -0.3 is 10.4 Å². The maximum Gasteiger partial charge on any atom is 0.227 e. The minimum atomic E-state index is -0.385. The lowest BCUT2D eigenvalue weighted by atomic mass is 9.92. The quantitative estimate of drug-likeness (QED) is 0.377. The van der Waals surface area contributed by atoms with Crippen molar-refractivity contribution in [2.24, 2.45) is 0 Å². The first-order chi connectivity index (χ1) is 15.6. The molecule has 1 amide bonds. The molecular weight excluding hydrogens is 434 g/mol. The third-order valence-electron chi connectivity index (χ3n) is 5.83. The molecule has 2 N–H and O–H groups in total. The van der Waals surface area contributed by atoms with Crippen LogP contribution in [0, 0.1) is 0 Å². The van der Waals surface area contributed by atoms with Gasteiger partial charge in [-0.2, -0.15) is 5.10 Å². The molecule has 0 aliphatic rings. The maximum absolute atomic E-state index is 13.1. The van der Waals surface area contributed by atoms with Crippen LogP contribution in [0.1, 0.15) is 50.6 Å². The molecule has 3 aromatic carbocycles. The largest absolute Gasteiger partial charge is 0.508 e. The van der Waals surface area contributed by atoms with Crippen molar-refractivity contribution >= 4 is 28.3 Å². The van der Waals surface area contributed by atoms with E-state index in [1.165, 1.54) is 0 Å². The normalized spacial score (nSPS) is 12.6. The number of carbonyl (C=O) groups excluding carboxylic acids is 1. The smallest absolute Gasteiger partial charge is 0.227 e. The van der Waals surface area contributed by atoms with Gasteiger partial charge in [-0.05, 0) is 65.7 Å². The highest BCUT2D eigenvalue weighted by molar-refractivity contribution is 6.30. The highest BCUT2D eigenvalue weighted by Crippen LogP contribution is 2.29. The molecule has 1 aromatic heterocycles. The van der Waals surface area contributed by atoms with Crippen LogP contribution in [0.4, 0.5) is 0 Å². The molecule has 33 heavy (non-hydrogen) atoms. The van der Waals surface area contributed by atoms with Crippen LogP contribution in [-0.4, -0.2) is 20.8 Å². The van der Waals surface area contributed by atoms with E-state index in [1.807, 2.05) is 66.2 Å². The van der Waals surface area contributed by atoms with Crippen LogP contribution in [-0.2, 0) is 16.8 Å². The molecule has 4 aromatic rings. The second-order valence-electron chi connectivity index (χ2n) is 9.35. The molecule has 0 spiro atoms. The minimum absolute atomic E-state index is 0.0907. The zero-order chi connectivity index (χ0) is 23.8. The molecule has 0 bridgehead atoms. The molecule has 6 heteroatoms. The SMILES string of the molecule is CC(C(=O)NCc1cc(C(C)(C)C)nn1-c1ccc(Cl)cc1)c1cccc2ccc(O)cc12. The summed E-state index contributed by atoms with van der Waals surface area (Å²) in [4.78, 5) is 13.1. The second kappa shape index (κ2) is 8.91. The molecule has 170 valence electrons. The number of rotatable bonds is 5. The molecule has 4 rings (SSSR count). The molecule has 5 nitrogen and oxygen atoms in total. The summed E-state index contributed by atoms with van der Waals surface area (Å²) in [6.07, 6.45) is 0. The van der Waals surface area contributed by atoms with Gasteiger partial charge >= 0.3 is 0 Å². The zero-order valence-corrected chi connectivity index (χ0v) is 20.0. The number of halogens is 1. The highest BCUT2D eigenvalue weighted by atomic mass is 35.5. The van der Waals surface area contributed by atoms with E-state index < -0.39 is 0 Å². The van der Waals surface area contributed by atoms with E-state index in [4.69, 9.17) is 16.7 Å². The summed E-state index contributed by atoms with van der Waals surface area (Å²) in [5, 5.41) is 20.3. The number of benzene rings is 3. The summed E-state index contributed by atoms with van der Waals surface area (Å²) in [5.74, 6) is -0.291. The average Bonchev–Trinajstić information content (AvgIpc) is 3.22. The fraction of sp³-hybridized carbons (Fsp3) is 0.259. The Morgan fingerprint density at radius 3 is 2.52 bits per heavy atom. The van der Waals surface area contributed by atoms with E-state index in [2.05, 4.69) is 26.1 Å². The van der Waals surface area contributed by atoms with Gasteiger partial charge in [0.05, 0.1) is 29.5 Å². The van der Waals surface area contributed by atoms with Crippen molar-refractivity contribution in [2.45, 2.75) is 45.6 Å². The summed E-state index contributed by atoms with van der Waals surface area (Å²) < 4.78 is 1.86. The molecule has 0 aliphatic carbocycles. The maximum atomic E-state index is 13.1. The van der Waals surface area contributed by atoms with E-state index >= 15 is 0 Å². The molecule has 1 unspecified atom stereocenters. The standard InChI is InChI=1S/C27H28ClN3O2/c1-17(23-7-5-6-18-8-13-22(32)15-24(18)23)26(33)29-16-21-14-25(27(2,3)4)30-31(21)20-11-9-19(28)10-12-20/h5-15,17,32H,16H2,1-4H3,(H,29,33). The van der Waals surface area contributed by atoms with Gasteiger partial charge in [0.15, 0.2) is 0 Å². The summed E-state index contributed by atoms with van der Waals surface area (Å²) in [6, 6.07) is 20.6. The number of aromatic hydroxyl groups is 1. The van der Waals surface area contributed by atoms with Gasteiger partial charge in [0.2, 0.25) is 5.91 Å². The Balaban J connectivity index is 1.60. The molecule has 1 heterocycles. The van der Waals surface area contributed by atoms with Crippen molar-refractivity contribution in [1.29, 1.82) is 0 Å². The number of nitrogens with zero attached hydrogens (tertiary/aromatic N) is 2. The summed E-state index contributed by atoms with van der Waals surface area (Å²) in [7, 11) is 0. The summed E-state index contributed by atoms with van der Waals surface area (Å²) in [5.41, 5.74) is 3.46. The van der Waals surface area contributed by atoms with Crippen LogP contribution in [0.15, 0.2) is 66.7 Å². The first-order valence-corrected chi connectivity index (χ1v) is 11.4. The second-order valence-corrected chi connectivity index (χ2v) is 9.79. The number of phenolic OH excluding ortho intramolecular Hbond substituents is 1. The van der Waals surface area contributed by atoms with Gasteiger partial charge in [0.25, 0.3) is 0 Å². The first-order valence-electron chi connectivity index (χ1n) is 11.0. The highest BCUT2D eigenvalue weighted by Gasteiger charge is 2.22. The van der Waals surface area contributed by atoms with E-state index in [9.17, 15) is 9.90 Å². The Morgan fingerprint density at radius 2 is 1.82 bits per heavy atom. The van der Waals surface area contributed by atoms with Crippen molar-refractivity contribution in [3.8, 4) is 11.4 Å². The molecule has 0 saturated heterocycles. The van der Waals surface area contributed by atoms with E-state index in [1.54, 1.807) is 12.1 Å². The number of carbonyl (C=O) groups is 1. The lowest BCUT2D eigenvalue weighted by Gasteiger charge is -2.16. The number of nitrogens with one attached hydrogen (secondary N) is 1. The number of fused-ring (bicyclic) bond motifs is 1. The van der Waals surface area contributed by atoms with Crippen LogP contribution in [0.2, 0.25) is 5.02 Å². The van der Waals surface area contributed by atoms with Crippen LogP contribution in [0.3, 0.4) is 0 Å². The fourth-order valence-electron chi connectivity index (χ4n) is 3.85. The molecule has 0 saturated carbocycles. The molecule has 1 atom stereocenters. The van der Waals surface area contributed by atoms with Gasteiger partial charge in [0, 0.05) is 10.4 Å². The van der Waals surface area contributed by atoms with Crippen LogP contribution >= 0.6 is 11.6 Å². The number of hydrogen-bond donors (Lipinski definition) is 2. The predicted molar refractivity (Wildman–Crippen MR) is 133 cm³/mol. The number of phenols is 1. The Bertz CT molecular complexity index is 1300. The van der Waals surface area contributed by atoms with Gasteiger partial charge in [-0.15, -0.1) is 0 Å². The Kier molecular flexibility index (Phi) is 6.17. The lowest BCUT2D eigenvalue weighted by Crippen LogP contribution is -2.28.